The highest BCUT2D eigenvalue weighted by Gasteiger charge is 2.44. The van der Waals surface area contributed by atoms with Gasteiger partial charge in [-0.1, -0.05) is 32.6 Å². The quantitative estimate of drug-likeness (QED) is 0.706. The fourth-order valence-corrected chi connectivity index (χ4v) is 3.29. The van der Waals surface area contributed by atoms with Crippen molar-refractivity contribution in [1.29, 1.82) is 0 Å². The molecule has 3 saturated heterocycles. The number of piperidine rings is 3. The van der Waals surface area contributed by atoms with Crippen molar-refractivity contribution >= 4 is 0 Å². The summed E-state index contributed by atoms with van der Waals surface area (Å²) in [6.45, 7) is 5.64. The first-order valence-electron chi connectivity index (χ1n) is 6.69. The van der Waals surface area contributed by atoms with Crippen molar-refractivity contribution in [2.24, 2.45) is 5.92 Å². The van der Waals surface area contributed by atoms with Gasteiger partial charge in [0.2, 0.25) is 0 Å². The number of rotatable bonds is 5. The fraction of sp³-hybridized carbons (Fsp3) is 1.00. The summed E-state index contributed by atoms with van der Waals surface area (Å²) in [7, 11) is 0. The Kier molecular flexibility index (Phi) is 3.68. The van der Waals surface area contributed by atoms with E-state index in [2.05, 4.69) is 11.8 Å². The maximum Gasteiger partial charge on any atom is 0.0803 e. The van der Waals surface area contributed by atoms with Crippen LogP contribution in [0, 0.1) is 5.92 Å². The van der Waals surface area contributed by atoms with Crippen LogP contribution in [-0.4, -0.2) is 35.2 Å². The third kappa shape index (κ3) is 2.54. The van der Waals surface area contributed by atoms with Gasteiger partial charge in [0, 0.05) is 6.54 Å². The van der Waals surface area contributed by atoms with Gasteiger partial charge in [0.05, 0.1) is 5.60 Å². The van der Waals surface area contributed by atoms with E-state index in [9.17, 15) is 5.11 Å². The topological polar surface area (TPSA) is 23.5 Å². The maximum absolute atomic E-state index is 10.6. The number of hydrogen-bond donors (Lipinski definition) is 1. The average molecular weight is 211 g/mol. The summed E-state index contributed by atoms with van der Waals surface area (Å²) in [6, 6.07) is 0. The minimum atomic E-state index is -0.329. The molecule has 1 unspecified atom stereocenters. The van der Waals surface area contributed by atoms with E-state index in [1.54, 1.807) is 0 Å². The highest BCUT2D eigenvalue weighted by atomic mass is 16.3. The second-order valence-electron chi connectivity index (χ2n) is 5.46. The molecule has 3 rings (SSSR count). The van der Waals surface area contributed by atoms with Crippen LogP contribution in [-0.2, 0) is 0 Å². The first kappa shape index (κ1) is 11.4. The SMILES string of the molecule is CCCCCCC1(O)CN2CCC1CC2. The van der Waals surface area contributed by atoms with E-state index in [1.165, 1.54) is 51.6 Å². The molecule has 0 aliphatic carbocycles. The Morgan fingerprint density at radius 2 is 1.93 bits per heavy atom. The van der Waals surface area contributed by atoms with E-state index in [-0.39, 0.29) is 5.60 Å². The van der Waals surface area contributed by atoms with Gasteiger partial charge in [-0.2, -0.15) is 0 Å². The lowest BCUT2D eigenvalue weighted by atomic mass is 9.73. The first-order valence-corrected chi connectivity index (χ1v) is 6.69. The van der Waals surface area contributed by atoms with Gasteiger partial charge in [-0.3, -0.25) is 0 Å². The van der Waals surface area contributed by atoms with E-state index in [0.29, 0.717) is 5.92 Å². The predicted octanol–water partition coefficient (Wildman–Crippen LogP) is 2.41. The molecule has 0 aromatic rings. The summed E-state index contributed by atoms with van der Waals surface area (Å²) in [6.07, 6.45) is 8.61. The number of hydrogen-bond acceptors (Lipinski definition) is 2. The molecule has 3 aliphatic heterocycles. The molecule has 0 spiro atoms. The molecule has 3 fully saturated rings. The van der Waals surface area contributed by atoms with Crippen LogP contribution in [0.5, 0.6) is 0 Å². The minimum Gasteiger partial charge on any atom is -0.388 e. The summed E-state index contributed by atoms with van der Waals surface area (Å²) in [5, 5.41) is 10.6. The Bertz CT molecular complexity index is 199. The van der Waals surface area contributed by atoms with Gasteiger partial charge in [-0.05, 0) is 38.3 Å². The van der Waals surface area contributed by atoms with E-state index in [4.69, 9.17) is 0 Å². The van der Waals surface area contributed by atoms with Gasteiger partial charge >= 0.3 is 0 Å². The molecule has 1 N–H and O–H groups in total. The normalized spacial score (nSPS) is 39.6. The Morgan fingerprint density at radius 1 is 1.20 bits per heavy atom. The monoisotopic (exact) mass is 211 g/mol. The van der Waals surface area contributed by atoms with Gasteiger partial charge in [0.15, 0.2) is 0 Å². The largest absolute Gasteiger partial charge is 0.388 e. The van der Waals surface area contributed by atoms with Crippen molar-refractivity contribution in [3.05, 3.63) is 0 Å². The first-order chi connectivity index (χ1) is 7.24. The zero-order valence-corrected chi connectivity index (χ0v) is 10.0. The van der Waals surface area contributed by atoms with Crippen molar-refractivity contribution in [3.8, 4) is 0 Å². The Hall–Kier alpha value is -0.0800. The molecule has 1 atom stereocenters. The van der Waals surface area contributed by atoms with Crippen LogP contribution in [0.2, 0.25) is 0 Å². The van der Waals surface area contributed by atoms with E-state index in [0.717, 1.165) is 13.0 Å². The molecule has 3 heterocycles. The molecule has 2 heteroatoms. The summed E-state index contributed by atoms with van der Waals surface area (Å²) >= 11 is 0. The molecule has 0 radical (unpaired) electrons. The molecule has 0 amide bonds. The summed E-state index contributed by atoms with van der Waals surface area (Å²) in [5.74, 6) is 0.601. The van der Waals surface area contributed by atoms with Crippen LogP contribution in [0.15, 0.2) is 0 Å². The summed E-state index contributed by atoms with van der Waals surface area (Å²) in [4.78, 5) is 2.44. The van der Waals surface area contributed by atoms with Crippen LogP contribution in [0.25, 0.3) is 0 Å². The zero-order chi connectivity index (χ0) is 10.7. The minimum absolute atomic E-state index is 0.329. The highest BCUT2D eigenvalue weighted by molar-refractivity contribution is 4.97. The van der Waals surface area contributed by atoms with Crippen LogP contribution < -0.4 is 0 Å². The molecule has 15 heavy (non-hydrogen) atoms. The third-order valence-electron chi connectivity index (χ3n) is 4.31. The van der Waals surface area contributed by atoms with Crippen LogP contribution in [0.1, 0.15) is 51.9 Å². The van der Waals surface area contributed by atoms with Crippen molar-refractivity contribution in [2.45, 2.75) is 57.5 Å². The van der Waals surface area contributed by atoms with Crippen LogP contribution in [0.4, 0.5) is 0 Å². The van der Waals surface area contributed by atoms with Crippen LogP contribution in [0.3, 0.4) is 0 Å². The lowest BCUT2D eigenvalue weighted by Gasteiger charge is -2.50. The maximum atomic E-state index is 10.6. The van der Waals surface area contributed by atoms with Gasteiger partial charge in [0.25, 0.3) is 0 Å². The number of unbranched alkanes of at least 4 members (excludes halogenated alkanes) is 3. The molecule has 0 aromatic heterocycles. The molecular weight excluding hydrogens is 186 g/mol. The fourth-order valence-electron chi connectivity index (χ4n) is 3.29. The molecular formula is C13H25NO. The third-order valence-corrected chi connectivity index (χ3v) is 4.31. The van der Waals surface area contributed by atoms with Crippen molar-refractivity contribution in [3.63, 3.8) is 0 Å². The van der Waals surface area contributed by atoms with Crippen molar-refractivity contribution in [1.82, 2.24) is 4.90 Å². The molecule has 0 aromatic carbocycles. The molecule has 3 aliphatic rings. The lowest BCUT2D eigenvalue weighted by molar-refractivity contribution is -0.117. The Balaban J connectivity index is 1.79. The van der Waals surface area contributed by atoms with Crippen molar-refractivity contribution in [2.75, 3.05) is 19.6 Å². The second-order valence-corrected chi connectivity index (χ2v) is 5.46. The van der Waals surface area contributed by atoms with E-state index >= 15 is 0 Å². The molecule has 2 bridgehead atoms. The molecule has 0 saturated carbocycles. The zero-order valence-electron chi connectivity index (χ0n) is 10.0. The molecule has 88 valence electrons. The lowest BCUT2D eigenvalue weighted by Crippen LogP contribution is -2.59. The van der Waals surface area contributed by atoms with E-state index < -0.39 is 0 Å². The average Bonchev–Trinajstić information content (AvgIpc) is 2.26. The van der Waals surface area contributed by atoms with Gasteiger partial charge in [-0.25, -0.2) is 0 Å². The van der Waals surface area contributed by atoms with E-state index in [1.807, 2.05) is 0 Å². The smallest absolute Gasteiger partial charge is 0.0803 e. The Labute approximate surface area is 93.7 Å². The number of fused-ring (bicyclic) bond motifs is 3. The number of nitrogens with zero attached hydrogens (tertiary/aromatic N) is 1. The van der Waals surface area contributed by atoms with Crippen LogP contribution >= 0.6 is 0 Å². The molecule has 2 nitrogen and oxygen atoms in total. The Morgan fingerprint density at radius 3 is 2.47 bits per heavy atom. The highest BCUT2D eigenvalue weighted by Crippen LogP contribution is 2.38. The number of aliphatic hydroxyl groups is 1. The van der Waals surface area contributed by atoms with Gasteiger partial charge < -0.3 is 10.0 Å². The summed E-state index contributed by atoms with van der Waals surface area (Å²) < 4.78 is 0. The van der Waals surface area contributed by atoms with Crippen molar-refractivity contribution < 1.29 is 5.11 Å². The standard InChI is InChI=1S/C13H25NO/c1-2-3-4-5-8-13(15)11-14-9-6-12(13)7-10-14/h12,15H,2-11H2,1H3. The van der Waals surface area contributed by atoms with Gasteiger partial charge in [-0.15, -0.1) is 0 Å². The summed E-state index contributed by atoms with van der Waals surface area (Å²) in [5.41, 5.74) is -0.329. The predicted molar refractivity (Wildman–Crippen MR) is 62.9 cm³/mol. The van der Waals surface area contributed by atoms with Gasteiger partial charge in [0.1, 0.15) is 0 Å². The second kappa shape index (κ2) is 4.84.